The van der Waals surface area contributed by atoms with Crippen LogP contribution < -0.4 is 10.8 Å². The lowest BCUT2D eigenvalue weighted by molar-refractivity contribution is 0.588. The van der Waals surface area contributed by atoms with Crippen LogP contribution in [0.25, 0.3) is 11.3 Å². The molecule has 0 spiro atoms. The second kappa shape index (κ2) is 11.4. The second-order valence-electron chi connectivity index (χ2n) is 6.01. The van der Waals surface area contributed by atoms with E-state index in [9.17, 15) is 4.57 Å². The van der Waals surface area contributed by atoms with Crippen LogP contribution in [0.1, 0.15) is 33.3 Å². The molecule has 0 saturated carbocycles. The summed E-state index contributed by atoms with van der Waals surface area (Å²) in [6, 6.07) is 13.5. The quantitative estimate of drug-likeness (QED) is 0.555. The first-order valence-corrected chi connectivity index (χ1v) is 12.2. The topological polar surface area (TPSA) is 67.8 Å². The summed E-state index contributed by atoms with van der Waals surface area (Å²) in [5.41, 5.74) is 4.34. The van der Waals surface area contributed by atoms with Crippen LogP contribution in [0.5, 0.6) is 0 Å². The number of rotatable bonds is 4. The lowest BCUT2D eigenvalue weighted by Gasteiger charge is -2.09. The first-order chi connectivity index (χ1) is 13.4. The van der Waals surface area contributed by atoms with Gasteiger partial charge in [0.2, 0.25) is 5.95 Å². The number of hydrogen-bond donors (Lipinski definition) is 1. The number of aromatic nitrogens is 3. The van der Waals surface area contributed by atoms with Crippen molar-refractivity contribution in [3.63, 3.8) is 0 Å². The summed E-state index contributed by atoms with van der Waals surface area (Å²) in [4.78, 5) is 13.0. The lowest BCUT2D eigenvalue weighted by atomic mass is 10.2. The molecule has 0 amide bonds. The number of anilines is 2. The van der Waals surface area contributed by atoms with Crippen molar-refractivity contribution in [2.75, 3.05) is 18.6 Å². The van der Waals surface area contributed by atoms with Gasteiger partial charge in [0.15, 0.2) is 0 Å². The third kappa shape index (κ3) is 6.90. The molecule has 0 aliphatic carbocycles. The van der Waals surface area contributed by atoms with E-state index < -0.39 is 7.14 Å². The van der Waals surface area contributed by atoms with E-state index in [1.54, 1.807) is 25.7 Å². The summed E-state index contributed by atoms with van der Waals surface area (Å²) < 4.78 is 12.2. The van der Waals surface area contributed by atoms with E-state index in [1.165, 1.54) is 0 Å². The second-order valence-corrected chi connectivity index (χ2v) is 9.17. The molecule has 5 nitrogen and oxygen atoms in total. The Kier molecular flexibility index (Phi) is 9.54. The van der Waals surface area contributed by atoms with Crippen molar-refractivity contribution in [3.05, 3.63) is 60.4 Å². The summed E-state index contributed by atoms with van der Waals surface area (Å²) in [5.74, 6) is 0.521. The Morgan fingerprint density at radius 3 is 2.21 bits per heavy atom. The number of aryl methyl sites for hydroxylation is 1. The molecule has 0 atom stereocenters. The summed E-state index contributed by atoms with van der Waals surface area (Å²) in [6.45, 7) is 13.5. The fourth-order valence-corrected chi connectivity index (χ4v) is 3.10. The van der Waals surface area contributed by atoms with E-state index in [0.717, 1.165) is 22.5 Å². The predicted molar refractivity (Wildman–Crippen MR) is 122 cm³/mol. The van der Waals surface area contributed by atoms with Gasteiger partial charge >= 0.3 is 0 Å². The fourth-order valence-electron chi connectivity index (χ4n) is 2.30. The minimum Gasteiger partial charge on any atom is -0.324 e. The molecular formula is C22H31N4OP. The first kappa shape index (κ1) is 23.5. The Morgan fingerprint density at radius 1 is 0.893 bits per heavy atom. The van der Waals surface area contributed by atoms with Gasteiger partial charge in [-0.05, 0) is 56.1 Å². The van der Waals surface area contributed by atoms with Gasteiger partial charge in [-0.25, -0.2) is 9.97 Å². The summed E-state index contributed by atoms with van der Waals surface area (Å²) in [5, 5.41) is 3.21. The molecule has 3 aromatic rings. The van der Waals surface area contributed by atoms with Crippen LogP contribution in [0.15, 0.2) is 54.9 Å². The molecule has 0 aliphatic rings. The molecule has 0 bridgehead atoms. The minimum atomic E-state index is -2.41. The van der Waals surface area contributed by atoms with Crippen LogP contribution in [0, 0.1) is 6.92 Å². The Hall–Kier alpha value is -2.52. The number of nitrogens with zero attached hydrogens (tertiary/aromatic N) is 3. The molecule has 6 heteroatoms. The van der Waals surface area contributed by atoms with Crippen LogP contribution in [0.3, 0.4) is 0 Å². The van der Waals surface area contributed by atoms with Crippen molar-refractivity contribution in [1.29, 1.82) is 0 Å². The molecule has 3 rings (SSSR count). The summed E-state index contributed by atoms with van der Waals surface area (Å²) in [7, 11) is -2.41. The molecule has 2 heterocycles. The van der Waals surface area contributed by atoms with E-state index in [0.29, 0.717) is 11.4 Å². The number of benzene rings is 1. The molecule has 28 heavy (non-hydrogen) atoms. The van der Waals surface area contributed by atoms with Crippen LogP contribution in [-0.2, 0) is 4.57 Å². The molecule has 0 fully saturated rings. The standard InChI is InChI=1S/C18H19N4OP.2C2H6/c1-13-5-4-6-15(11-13)21-18-20-10-8-16(22-18)14-7-9-19-17(12-14)24(2,3)23;2*1-2/h4-12H,1-3H3,(H,20,21,22);2*1-2H3. The highest BCUT2D eigenvalue weighted by molar-refractivity contribution is 7.69. The van der Waals surface area contributed by atoms with Gasteiger partial charge in [-0.1, -0.05) is 39.8 Å². The van der Waals surface area contributed by atoms with Gasteiger partial charge in [0.05, 0.1) is 11.1 Å². The highest BCUT2D eigenvalue weighted by atomic mass is 31.2. The van der Waals surface area contributed by atoms with Gasteiger partial charge in [-0.2, -0.15) is 0 Å². The van der Waals surface area contributed by atoms with Gasteiger partial charge in [0, 0.05) is 23.6 Å². The zero-order valence-corrected chi connectivity index (χ0v) is 18.8. The molecular weight excluding hydrogens is 367 g/mol. The van der Waals surface area contributed by atoms with Gasteiger partial charge in [-0.15, -0.1) is 0 Å². The number of nitrogens with one attached hydrogen (secondary N) is 1. The Morgan fingerprint density at radius 2 is 1.57 bits per heavy atom. The van der Waals surface area contributed by atoms with E-state index in [1.807, 2.05) is 77.1 Å². The molecule has 2 aromatic heterocycles. The molecule has 1 N–H and O–H groups in total. The Bertz CT molecular complexity index is 922. The van der Waals surface area contributed by atoms with E-state index >= 15 is 0 Å². The van der Waals surface area contributed by atoms with Crippen LogP contribution >= 0.6 is 7.14 Å². The largest absolute Gasteiger partial charge is 0.324 e. The number of pyridine rings is 1. The average molecular weight is 398 g/mol. The zero-order chi connectivity index (χ0) is 21.2. The van der Waals surface area contributed by atoms with Gasteiger partial charge in [-0.3, -0.25) is 4.98 Å². The highest BCUT2D eigenvalue weighted by Gasteiger charge is 2.14. The summed E-state index contributed by atoms with van der Waals surface area (Å²) in [6.07, 6.45) is 3.37. The monoisotopic (exact) mass is 398 g/mol. The van der Waals surface area contributed by atoms with Crippen LogP contribution in [-0.4, -0.2) is 28.3 Å². The lowest BCUT2D eigenvalue weighted by Crippen LogP contribution is -2.08. The Balaban J connectivity index is 0.000000921. The molecule has 150 valence electrons. The SMILES string of the molecule is CC.CC.Cc1cccc(Nc2nccc(-c3ccnc(P(C)(C)=O)c3)n2)c1. The Labute approximate surface area is 169 Å². The summed E-state index contributed by atoms with van der Waals surface area (Å²) >= 11 is 0. The maximum Gasteiger partial charge on any atom is 0.227 e. The van der Waals surface area contributed by atoms with Crippen LogP contribution in [0.2, 0.25) is 0 Å². The maximum absolute atomic E-state index is 12.2. The highest BCUT2D eigenvalue weighted by Crippen LogP contribution is 2.34. The number of hydrogen-bond acceptors (Lipinski definition) is 5. The maximum atomic E-state index is 12.2. The van der Waals surface area contributed by atoms with Gasteiger partial charge in [0.25, 0.3) is 0 Å². The van der Waals surface area contributed by atoms with Crippen molar-refractivity contribution < 1.29 is 4.57 Å². The van der Waals surface area contributed by atoms with Crippen molar-refractivity contribution in [1.82, 2.24) is 15.0 Å². The molecule has 0 saturated heterocycles. The molecule has 0 aliphatic heterocycles. The van der Waals surface area contributed by atoms with Gasteiger partial charge in [0.1, 0.15) is 7.14 Å². The van der Waals surface area contributed by atoms with E-state index in [-0.39, 0.29) is 0 Å². The average Bonchev–Trinajstić information content (AvgIpc) is 2.71. The fraction of sp³-hybridized carbons (Fsp3) is 0.318. The minimum absolute atomic E-state index is 0.521. The molecule has 0 radical (unpaired) electrons. The van der Waals surface area contributed by atoms with E-state index in [2.05, 4.69) is 20.3 Å². The normalized spacial score (nSPS) is 10.1. The van der Waals surface area contributed by atoms with Crippen molar-refractivity contribution in [2.24, 2.45) is 0 Å². The van der Waals surface area contributed by atoms with Gasteiger partial charge < -0.3 is 9.88 Å². The van der Waals surface area contributed by atoms with Crippen LogP contribution in [0.4, 0.5) is 11.6 Å². The van der Waals surface area contributed by atoms with E-state index in [4.69, 9.17) is 0 Å². The predicted octanol–water partition coefficient (Wildman–Crippen LogP) is 5.89. The third-order valence-electron chi connectivity index (χ3n) is 3.52. The molecule has 0 unspecified atom stereocenters. The smallest absolute Gasteiger partial charge is 0.227 e. The van der Waals surface area contributed by atoms with Crippen molar-refractivity contribution in [2.45, 2.75) is 34.6 Å². The van der Waals surface area contributed by atoms with Crippen molar-refractivity contribution >= 4 is 24.2 Å². The molecule has 1 aromatic carbocycles. The first-order valence-electron chi connectivity index (χ1n) is 9.60. The van der Waals surface area contributed by atoms with Crippen molar-refractivity contribution in [3.8, 4) is 11.3 Å². The zero-order valence-electron chi connectivity index (χ0n) is 17.9. The third-order valence-corrected chi connectivity index (χ3v) is 4.87.